The third kappa shape index (κ3) is 3.64. The van der Waals surface area contributed by atoms with E-state index in [0.717, 1.165) is 16.8 Å². The lowest BCUT2D eigenvalue weighted by Crippen LogP contribution is -2.34. The van der Waals surface area contributed by atoms with Crippen molar-refractivity contribution in [2.24, 2.45) is 0 Å². The van der Waals surface area contributed by atoms with Gasteiger partial charge < -0.3 is 10.2 Å². The highest BCUT2D eigenvalue weighted by atomic mass is 16.2. The van der Waals surface area contributed by atoms with Crippen molar-refractivity contribution in [1.82, 2.24) is 9.88 Å². The smallest absolute Gasteiger partial charge is 0.321 e. The number of rotatable bonds is 4. The summed E-state index contributed by atoms with van der Waals surface area (Å²) in [5, 5.41) is 3.01. The van der Waals surface area contributed by atoms with Gasteiger partial charge in [-0.1, -0.05) is 38.1 Å². The van der Waals surface area contributed by atoms with Gasteiger partial charge in [-0.05, 0) is 36.1 Å². The molecule has 116 valence electrons. The summed E-state index contributed by atoms with van der Waals surface area (Å²) in [5.74, 6) is 0.359. The molecule has 0 radical (unpaired) electrons. The molecule has 1 atom stereocenters. The number of amides is 2. The monoisotopic (exact) mass is 297 g/mol. The zero-order valence-electron chi connectivity index (χ0n) is 13.6. The molecule has 4 nitrogen and oxygen atoms in total. The van der Waals surface area contributed by atoms with Crippen LogP contribution >= 0.6 is 0 Å². The van der Waals surface area contributed by atoms with Gasteiger partial charge in [0, 0.05) is 25.1 Å². The van der Waals surface area contributed by atoms with Gasteiger partial charge in [0.25, 0.3) is 0 Å². The maximum atomic E-state index is 12.5. The summed E-state index contributed by atoms with van der Waals surface area (Å²) in [6, 6.07) is 11.6. The highest BCUT2D eigenvalue weighted by Crippen LogP contribution is 2.25. The first-order chi connectivity index (χ1) is 10.5. The molecular formula is C18H23N3O. The van der Waals surface area contributed by atoms with Crippen LogP contribution in [-0.4, -0.2) is 23.0 Å². The first-order valence-electron chi connectivity index (χ1n) is 7.53. The predicted molar refractivity (Wildman–Crippen MR) is 90.0 cm³/mol. The lowest BCUT2D eigenvalue weighted by Gasteiger charge is -2.26. The van der Waals surface area contributed by atoms with E-state index in [-0.39, 0.29) is 12.1 Å². The maximum Gasteiger partial charge on any atom is 0.322 e. The molecule has 2 amide bonds. The van der Waals surface area contributed by atoms with Gasteiger partial charge in [0.1, 0.15) is 0 Å². The van der Waals surface area contributed by atoms with E-state index < -0.39 is 0 Å². The zero-order chi connectivity index (χ0) is 16.1. The van der Waals surface area contributed by atoms with E-state index in [9.17, 15) is 4.79 Å². The minimum absolute atomic E-state index is 0.0417. The quantitative estimate of drug-likeness (QED) is 0.907. The summed E-state index contributed by atoms with van der Waals surface area (Å²) in [5.41, 5.74) is 3.02. The number of carbonyl (C=O) groups is 1. The highest BCUT2D eigenvalue weighted by Gasteiger charge is 2.18. The fourth-order valence-electron chi connectivity index (χ4n) is 2.34. The molecule has 2 aromatic rings. The molecule has 1 N–H and O–H groups in total. The van der Waals surface area contributed by atoms with Gasteiger partial charge >= 0.3 is 6.03 Å². The van der Waals surface area contributed by atoms with Crippen molar-refractivity contribution in [1.29, 1.82) is 0 Å². The molecule has 0 saturated carbocycles. The van der Waals surface area contributed by atoms with Crippen LogP contribution in [0.15, 0.2) is 48.8 Å². The van der Waals surface area contributed by atoms with Crippen LogP contribution in [0.2, 0.25) is 0 Å². The number of benzene rings is 1. The number of hydrogen-bond donors (Lipinski definition) is 1. The van der Waals surface area contributed by atoms with E-state index in [0.29, 0.717) is 5.92 Å². The molecule has 0 aliphatic carbocycles. The van der Waals surface area contributed by atoms with Gasteiger partial charge in [-0.15, -0.1) is 0 Å². The first-order valence-corrected chi connectivity index (χ1v) is 7.53. The van der Waals surface area contributed by atoms with Crippen molar-refractivity contribution in [3.63, 3.8) is 0 Å². The molecule has 0 fully saturated rings. The summed E-state index contributed by atoms with van der Waals surface area (Å²) in [6.07, 6.45) is 3.52. The SMILES string of the molecule is CC(C)c1ccccc1NC(=O)N(C)[C@H](C)c1cccnc1. The Labute approximate surface area is 132 Å². The van der Waals surface area contributed by atoms with Crippen LogP contribution in [0.3, 0.4) is 0 Å². The fraction of sp³-hybridized carbons (Fsp3) is 0.333. The normalized spacial score (nSPS) is 12.0. The second-order valence-corrected chi connectivity index (χ2v) is 5.75. The minimum atomic E-state index is -0.121. The summed E-state index contributed by atoms with van der Waals surface area (Å²) in [6.45, 7) is 6.23. The maximum absolute atomic E-state index is 12.5. The van der Waals surface area contributed by atoms with Crippen molar-refractivity contribution in [3.8, 4) is 0 Å². The number of pyridine rings is 1. The number of aromatic nitrogens is 1. The number of hydrogen-bond acceptors (Lipinski definition) is 2. The molecule has 2 rings (SSSR count). The van der Waals surface area contributed by atoms with Crippen molar-refractivity contribution in [2.75, 3.05) is 12.4 Å². The Morgan fingerprint density at radius 2 is 1.86 bits per heavy atom. The molecule has 0 aliphatic rings. The number of para-hydroxylation sites is 1. The van der Waals surface area contributed by atoms with Crippen LogP contribution in [-0.2, 0) is 0 Å². The van der Waals surface area contributed by atoms with Crippen LogP contribution in [0.25, 0.3) is 0 Å². The van der Waals surface area contributed by atoms with E-state index in [2.05, 4.69) is 24.1 Å². The van der Waals surface area contributed by atoms with Crippen molar-refractivity contribution in [2.45, 2.75) is 32.7 Å². The second-order valence-electron chi connectivity index (χ2n) is 5.75. The van der Waals surface area contributed by atoms with Crippen molar-refractivity contribution >= 4 is 11.7 Å². The van der Waals surface area contributed by atoms with E-state index in [1.807, 2.05) is 43.3 Å². The molecule has 1 aromatic heterocycles. The van der Waals surface area contributed by atoms with Crippen LogP contribution < -0.4 is 5.32 Å². The molecular weight excluding hydrogens is 274 g/mol. The molecule has 0 unspecified atom stereocenters. The standard InChI is InChI=1S/C18H23N3O/c1-13(2)16-9-5-6-10-17(16)20-18(22)21(4)14(3)15-8-7-11-19-12-15/h5-14H,1-4H3,(H,20,22)/t14-/m1/s1. The van der Waals surface area contributed by atoms with E-state index >= 15 is 0 Å². The molecule has 0 spiro atoms. The topological polar surface area (TPSA) is 45.2 Å². The van der Waals surface area contributed by atoms with Gasteiger partial charge in [-0.3, -0.25) is 4.98 Å². The average molecular weight is 297 g/mol. The summed E-state index contributed by atoms with van der Waals surface area (Å²) < 4.78 is 0. The third-order valence-electron chi connectivity index (χ3n) is 3.89. The minimum Gasteiger partial charge on any atom is -0.321 e. The Morgan fingerprint density at radius 3 is 2.50 bits per heavy atom. The summed E-state index contributed by atoms with van der Waals surface area (Å²) in [7, 11) is 1.80. The summed E-state index contributed by atoms with van der Waals surface area (Å²) >= 11 is 0. The van der Waals surface area contributed by atoms with Crippen molar-refractivity contribution in [3.05, 3.63) is 59.9 Å². The lowest BCUT2D eigenvalue weighted by atomic mass is 10.0. The van der Waals surface area contributed by atoms with E-state index in [4.69, 9.17) is 0 Å². The van der Waals surface area contributed by atoms with Crippen molar-refractivity contribution < 1.29 is 4.79 Å². The molecule has 0 bridgehead atoms. The second kappa shape index (κ2) is 7.07. The summed E-state index contributed by atoms with van der Waals surface area (Å²) in [4.78, 5) is 18.3. The molecule has 1 aromatic carbocycles. The third-order valence-corrected chi connectivity index (χ3v) is 3.89. The van der Waals surface area contributed by atoms with Crippen LogP contribution in [0.4, 0.5) is 10.5 Å². The van der Waals surface area contributed by atoms with Gasteiger partial charge in [0.2, 0.25) is 0 Å². The van der Waals surface area contributed by atoms with Crippen LogP contribution in [0.1, 0.15) is 43.9 Å². The van der Waals surface area contributed by atoms with Crippen LogP contribution in [0, 0.1) is 0 Å². The molecule has 0 saturated heterocycles. The van der Waals surface area contributed by atoms with E-state index in [1.165, 1.54) is 0 Å². The fourth-order valence-corrected chi connectivity index (χ4v) is 2.34. The Hall–Kier alpha value is -2.36. The Morgan fingerprint density at radius 1 is 1.14 bits per heavy atom. The Bertz CT molecular complexity index is 625. The average Bonchev–Trinajstić information content (AvgIpc) is 2.54. The van der Waals surface area contributed by atoms with Gasteiger partial charge in [0.05, 0.1) is 6.04 Å². The molecule has 1 heterocycles. The molecule has 22 heavy (non-hydrogen) atoms. The number of carbonyl (C=O) groups excluding carboxylic acids is 1. The largest absolute Gasteiger partial charge is 0.322 e. The first kappa shape index (κ1) is 16.0. The Kier molecular flexibility index (Phi) is 5.15. The van der Waals surface area contributed by atoms with Gasteiger partial charge in [0.15, 0.2) is 0 Å². The van der Waals surface area contributed by atoms with E-state index in [1.54, 1.807) is 24.3 Å². The van der Waals surface area contributed by atoms with Gasteiger partial charge in [-0.2, -0.15) is 0 Å². The number of anilines is 1. The molecule has 0 aliphatic heterocycles. The Balaban J connectivity index is 2.12. The molecule has 4 heteroatoms. The highest BCUT2D eigenvalue weighted by molar-refractivity contribution is 5.90. The predicted octanol–water partition coefficient (Wildman–Crippen LogP) is 4.43. The lowest BCUT2D eigenvalue weighted by molar-refractivity contribution is 0.208. The number of urea groups is 1. The number of nitrogens with one attached hydrogen (secondary N) is 1. The number of nitrogens with zero attached hydrogens (tertiary/aromatic N) is 2. The van der Waals surface area contributed by atoms with Gasteiger partial charge in [-0.25, -0.2) is 4.79 Å². The zero-order valence-corrected chi connectivity index (χ0v) is 13.6. The van der Waals surface area contributed by atoms with Crippen LogP contribution in [0.5, 0.6) is 0 Å².